The lowest BCUT2D eigenvalue weighted by molar-refractivity contribution is 0.102. The Morgan fingerprint density at radius 2 is 1.96 bits per heavy atom. The number of nitrogens with one attached hydrogen (secondary N) is 1. The van der Waals surface area contributed by atoms with Gasteiger partial charge in [0.15, 0.2) is 5.75 Å². The predicted octanol–water partition coefficient (Wildman–Crippen LogP) is 3.01. The van der Waals surface area contributed by atoms with Crippen LogP contribution in [0.4, 0.5) is 10.2 Å². The average molecular weight is 339 g/mol. The number of aryl methyl sites for hydroxylation is 1. The highest BCUT2D eigenvalue weighted by Gasteiger charge is 2.13. The largest absolute Gasteiger partial charge is 0.454 e. The first kappa shape index (κ1) is 16.4. The van der Waals surface area contributed by atoms with Crippen LogP contribution >= 0.6 is 0 Å². The quantitative estimate of drug-likeness (QED) is 0.719. The molecule has 0 aliphatic heterocycles. The molecule has 3 aromatic rings. The van der Waals surface area contributed by atoms with Crippen LogP contribution in [0.15, 0.2) is 49.1 Å². The molecule has 0 bridgehead atoms. The number of ether oxygens (including phenoxy) is 1. The second-order valence-corrected chi connectivity index (χ2v) is 5.01. The van der Waals surface area contributed by atoms with E-state index in [1.54, 1.807) is 6.07 Å². The average Bonchev–Trinajstić information content (AvgIpc) is 2.62. The van der Waals surface area contributed by atoms with E-state index in [0.29, 0.717) is 23.6 Å². The Kier molecular flexibility index (Phi) is 4.89. The van der Waals surface area contributed by atoms with Gasteiger partial charge in [-0.25, -0.2) is 19.9 Å². The van der Waals surface area contributed by atoms with Crippen LogP contribution in [0.1, 0.15) is 23.1 Å². The molecule has 0 fully saturated rings. The summed E-state index contributed by atoms with van der Waals surface area (Å²) in [4.78, 5) is 28.0. The number of halogens is 1. The standard InChI is InChI=1S/C17H14FN5O2/c1-2-11-6-12(25-13-8-19-10-20-9-13)7-14(21-11)17(24)23-16-5-3-4-15(18)22-16/h3-10H,2H2,1H3,(H,22,23,24). The highest BCUT2D eigenvalue weighted by molar-refractivity contribution is 6.02. The van der Waals surface area contributed by atoms with Crippen molar-refractivity contribution in [3.8, 4) is 11.5 Å². The zero-order chi connectivity index (χ0) is 17.6. The number of carbonyl (C=O) groups excluding carboxylic acids is 1. The molecule has 0 saturated heterocycles. The van der Waals surface area contributed by atoms with Gasteiger partial charge in [0.2, 0.25) is 5.95 Å². The van der Waals surface area contributed by atoms with Gasteiger partial charge in [-0.2, -0.15) is 4.39 Å². The zero-order valence-corrected chi connectivity index (χ0v) is 13.3. The molecule has 0 atom stereocenters. The summed E-state index contributed by atoms with van der Waals surface area (Å²) in [7, 11) is 0. The van der Waals surface area contributed by atoms with E-state index in [0.717, 1.165) is 0 Å². The minimum atomic E-state index is -0.679. The van der Waals surface area contributed by atoms with Crippen LogP contribution in [0.25, 0.3) is 0 Å². The van der Waals surface area contributed by atoms with Crippen molar-refractivity contribution in [1.82, 2.24) is 19.9 Å². The molecule has 0 unspecified atom stereocenters. The van der Waals surface area contributed by atoms with Gasteiger partial charge in [0.05, 0.1) is 12.4 Å². The van der Waals surface area contributed by atoms with Gasteiger partial charge in [0.25, 0.3) is 5.91 Å². The van der Waals surface area contributed by atoms with Crippen LogP contribution in [0, 0.1) is 5.95 Å². The minimum absolute atomic E-state index is 0.104. The summed E-state index contributed by atoms with van der Waals surface area (Å²) in [6.45, 7) is 1.91. The van der Waals surface area contributed by atoms with E-state index in [-0.39, 0.29) is 11.5 Å². The van der Waals surface area contributed by atoms with Gasteiger partial charge in [0.1, 0.15) is 23.6 Å². The van der Waals surface area contributed by atoms with Crippen molar-refractivity contribution < 1.29 is 13.9 Å². The van der Waals surface area contributed by atoms with Gasteiger partial charge < -0.3 is 10.1 Å². The molecule has 126 valence electrons. The molecule has 0 radical (unpaired) electrons. The first-order valence-electron chi connectivity index (χ1n) is 7.52. The number of amides is 1. The van der Waals surface area contributed by atoms with Gasteiger partial charge in [-0.1, -0.05) is 13.0 Å². The molecule has 7 nitrogen and oxygen atoms in total. The molecule has 3 aromatic heterocycles. The number of nitrogens with zero attached hydrogens (tertiary/aromatic N) is 4. The SMILES string of the molecule is CCc1cc(Oc2cncnc2)cc(C(=O)Nc2cccc(F)n2)n1. The highest BCUT2D eigenvalue weighted by Crippen LogP contribution is 2.22. The molecule has 0 aliphatic carbocycles. The third-order valence-electron chi connectivity index (χ3n) is 3.18. The molecular weight excluding hydrogens is 325 g/mol. The minimum Gasteiger partial charge on any atom is -0.454 e. The smallest absolute Gasteiger partial charge is 0.275 e. The second kappa shape index (κ2) is 7.43. The lowest BCUT2D eigenvalue weighted by atomic mass is 10.2. The van der Waals surface area contributed by atoms with Crippen LogP contribution < -0.4 is 10.1 Å². The molecule has 0 aromatic carbocycles. The molecule has 3 heterocycles. The maximum Gasteiger partial charge on any atom is 0.275 e. The van der Waals surface area contributed by atoms with E-state index < -0.39 is 11.9 Å². The fraction of sp³-hybridized carbons (Fsp3) is 0.118. The maximum absolute atomic E-state index is 13.1. The Morgan fingerprint density at radius 3 is 2.68 bits per heavy atom. The van der Waals surface area contributed by atoms with Crippen LogP contribution in [-0.4, -0.2) is 25.8 Å². The predicted molar refractivity (Wildman–Crippen MR) is 87.9 cm³/mol. The summed E-state index contributed by atoms with van der Waals surface area (Å²) >= 11 is 0. The third kappa shape index (κ3) is 4.31. The van der Waals surface area contributed by atoms with Crippen LogP contribution in [0.3, 0.4) is 0 Å². The van der Waals surface area contributed by atoms with Crippen molar-refractivity contribution in [1.29, 1.82) is 0 Å². The molecule has 3 rings (SSSR count). The first-order valence-corrected chi connectivity index (χ1v) is 7.52. The molecule has 1 amide bonds. The van der Waals surface area contributed by atoms with Gasteiger partial charge in [-0.15, -0.1) is 0 Å². The number of hydrogen-bond acceptors (Lipinski definition) is 6. The van der Waals surface area contributed by atoms with Gasteiger partial charge >= 0.3 is 0 Å². The molecule has 0 aliphatic rings. The Morgan fingerprint density at radius 1 is 1.16 bits per heavy atom. The van der Waals surface area contributed by atoms with Crippen molar-refractivity contribution >= 4 is 11.7 Å². The Balaban J connectivity index is 1.85. The fourth-order valence-electron chi connectivity index (χ4n) is 2.05. The van der Waals surface area contributed by atoms with Crippen molar-refractivity contribution in [2.45, 2.75) is 13.3 Å². The summed E-state index contributed by atoms with van der Waals surface area (Å²) in [5.74, 6) is -0.218. The Labute approximate surface area is 143 Å². The van der Waals surface area contributed by atoms with E-state index in [9.17, 15) is 9.18 Å². The van der Waals surface area contributed by atoms with Crippen molar-refractivity contribution in [3.63, 3.8) is 0 Å². The summed E-state index contributed by atoms with van der Waals surface area (Å²) in [5.41, 5.74) is 0.809. The fourth-order valence-corrected chi connectivity index (χ4v) is 2.05. The number of anilines is 1. The summed E-state index contributed by atoms with van der Waals surface area (Å²) in [6, 6.07) is 7.35. The van der Waals surface area contributed by atoms with E-state index in [4.69, 9.17) is 4.74 Å². The second-order valence-electron chi connectivity index (χ2n) is 5.01. The van der Waals surface area contributed by atoms with Crippen molar-refractivity contribution in [3.05, 3.63) is 66.4 Å². The Bertz CT molecular complexity index is 889. The maximum atomic E-state index is 13.1. The molecule has 0 saturated carbocycles. The van der Waals surface area contributed by atoms with E-state index in [1.807, 2.05) is 6.92 Å². The first-order chi connectivity index (χ1) is 12.1. The Hall–Kier alpha value is -3.42. The highest BCUT2D eigenvalue weighted by atomic mass is 19.1. The van der Waals surface area contributed by atoms with E-state index in [2.05, 4.69) is 25.3 Å². The summed E-state index contributed by atoms with van der Waals surface area (Å²) in [6.07, 6.45) is 5.02. The van der Waals surface area contributed by atoms with E-state index in [1.165, 1.54) is 43.0 Å². The van der Waals surface area contributed by atoms with Crippen molar-refractivity contribution in [2.75, 3.05) is 5.32 Å². The number of pyridine rings is 2. The monoisotopic (exact) mass is 339 g/mol. The van der Waals surface area contributed by atoms with Gasteiger partial charge in [-0.05, 0) is 18.6 Å². The number of hydrogen-bond donors (Lipinski definition) is 1. The number of carbonyl (C=O) groups is 1. The lowest BCUT2D eigenvalue weighted by Gasteiger charge is -2.09. The van der Waals surface area contributed by atoms with Crippen LogP contribution in [0.2, 0.25) is 0 Å². The molecule has 1 N–H and O–H groups in total. The zero-order valence-electron chi connectivity index (χ0n) is 13.3. The molecule has 8 heteroatoms. The lowest BCUT2D eigenvalue weighted by Crippen LogP contribution is -2.15. The van der Waals surface area contributed by atoms with Crippen LogP contribution in [0.5, 0.6) is 11.5 Å². The molecular formula is C17H14FN5O2. The normalized spacial score (nSPS) is 10.3. The number of rotatable bonds is 5. The third-order valence-corrected chi connectivity index (χ3v) is 3.18. The van der Waals surface area contributed by atoms with Gasteiger partial charge in [0, 0.05) is 17.8 Å². The van der Waals surface area contributed by atoms with E-state index >= 15 is 0 Å². The summed E-state index contributed by atoms with van der Waals surface area (Å²) in [5, 5.41) is 2.51. The molecule has 25 heavy (non-hydrogen) atoms. The van der Waals surface area contributed by atoms with Gasteiger partial charge in [-0.3, -0.25) is 4.79 Å². The number of aromatic nitrogens is 4. The molecule has 0 spiro atoms. The van der Waals surface area contributed by atoms with Crippen molar-refractivity contribution in [2.24, 2.45) is 0 Å². The summed E-state index contributed by atoms with van der Waals surface area (Å²) < 4.78 is 18.8. The topological polar surface area (TPSA) is 89.9 Å². The van der Waals surface area contributed by atoms with Crippen LogP contribution in [-0.2, 0) is 6.42 Å².